The highest BCUT2D eigenvalue weighted by Crippen LogP contribution is 2.19. The summed E-state index contributed by atoms with van der Waals surface area (Å²) in [5.74, 6) is 0.176. The van der Waals surface area contributed by atoms with Crippen LogP contribution in [0.4, 0.5) is 11.4 Å². The first-order valence-corrected chi connectivity index (χ1v) is 10.2. The lowest BCUT2D eigenvalue weighted by Gasteiger charge is -2.26. The van der Waals surface area contributed by atoms with Gasteiger partial charge in [0.15, 0.2) is 5.78 Å². The zero-order valence-corrected chi connectivity index (χ0v) is 18.2. The van der Waals surface area contributed by atoms with E-state index in [4.69, 9.17) is 0 Å². The lowest BCUT2D eigenvalue weighted by molar-refractivity contribution is -0.889. The topological polar surface area (TPSA) is 28.0 Å². The Hall–Kier alpha value is -2.85. The van der Waals surface area contributed by atoms with Crippen molar-refractivity contribution < 1.29 is 9.69 Å². The number of likely N-dealkylation sites (tertiary alicyclic amines) is 1. The fraction of sp³-hybridized carbons (Fsp3) is 0.320. The Morgan fingerprint density at radius 1 is 0.759 bits per heavy atom. The second-order valence-electron chi connectivity index (χ2n) is 8.10. The molecule has 1 aliphatic heterocycles. The molecule has 0 aliphatic carbocycles. The van der Waals surface area contributed by atoms with Crippen molar-refractivity contribution in [2.24, 2.45) is 0 Å². The summed E-state index contributed by atoms with van der Waals surface area (Å²) in [6.07, 6.45) is 4.11. The number of hydrogen-bond acceptors (Lipinski definition) is 3. The van der Waals surface area contributed by atoms with Crippen molar-refractivity contribution in [3.63, 3.8) is 0 Å². The highest BCUT2D eigenvalue weighted by Gasteiger charge is 2.28. The van der Waals surface area contributed by atoms with Crippen molar-refractivity contribution in [2.75, 3.05) is 57.6 Å². The minimum Gasteiger partial charge on any atom is -0.378 e. The standard InChI is InChI=1S/C25H31N3O/c1-6-28-17-21(15-19-7-11-23(12-8-19)26(2)3)25(29)22(18-28)16-20-9-13-24(14-10-20)27(4)5/h7-16H,6,17-18H2,1-5H3/p+1/b21-15-,22-16+. The van der Waals surface area contributed by atoms with Gasteiger partial charge < -0.3 is 14.7 Å². The molecule has 0 saturated carbocycles. The molecule has 1 aliphatic rings. The Balaban J connectivity index is 1.88. The van der Waals surface area contributed by atoms with E-state index in [-0.39, 0.29) is 5.78 Å². The quantitative estimate of drug-likeness (QED) is 0.796. The molecule has 0 radical (unpaired) electrons. The number of nitrogens with zero attached hydrogens (tertiary/aromatic N) is 2. The first-order chi connectivity index (χ1) is 13.9. The third-order valence-electron chi connectivity index (χ3n) is 5.46. The second-order valence-corrected chi connectivity index (χ2v) is 8.10. The van der Waals surface area contributed by atoms with Gasteiger partial charge in [0.25, 0.3) is 0 Å². The third-order valence-corrected chi connectivity index (χ3v) is 5.46. The molecule has 4 nitrogen and oxygen atoms in total. The average molecular weight is 391 g/mol. The Bertz CT molecular complexity index is 833. The molecule has 0 bridgehead atoms. The van der Waals surface area contributed by atoms with Crippen molar-refractivity contribution >= 4 is 29.3 Å². The summed E-state index contributed by atoms with van der Waals surface area (Å²) >= 11 is 0. The number of carbonyl (C=O) groups is 1. The zero-order valence-electron chi connectivity index (χ0n) is 18.2. The summed E-state index contributed by atoms with van der Waals surface area (Å²) in [5, 5.41) is 0. The molecule has 1 fully saturated rings. The van der Waals surface area contributed by atoms with Crippen molar-refractivity contribution in [1.29, 1.82) is 0 Å². The maximum Gasteiger partial charge on any atom is 0.196 e. The first kappa shape index (κ1) is 20.9. The minimum atomic E-state index is 0.176. The largest absolute Gasteiger partial charge is 0.378 e. The van der Waals surface area contributed by atoms with Crippen LogP contribution in [0.5, 0.6) is 0 Å². The molecule has 152 valence electrons. The Morgan fingerprint density at radius 3 is 1.45 bits per heavy atom. The molecule has 0 amide bonds. The van der Waals surface area contributed by atoms with E-state index >= 15 is 0 Å². The van der Waals surface area contributed by atoms with Crippen LogP contribution in [-0.4, -0.2) is 53.6 Å². The molecule has 1 atom stereocenters. The van der Waals surface area contributed by atoms with Gasteiger partial charge in [0.1, 0.15) is 13.1 Å². The van der Waals surface area contributed by atoms with Crippen LogP contribution in [0, 0.1) is 0 Å². The highest BCUT2D eigenvalue weighted by atomic mass is 16.1. The van der Waals surface area contributed by atoms with Crippen molar-refractivity contribution in [2.45, 2.75) is 6.92 Å². The number of quaternary nitrogens is 1. The number of nitrogens with one attached hydrogen (secondary N) is 1. The predicted molar refractivity (Wildman–Crippen MR) is 124 cm³/mol. The Kier molecular flexibility index (Phi) is 6.55. The lowest BCUT2D eigenvalue weighted by Crippen LogP contribution is -3.13. The van der Waals surface area contributed by atoms with E-state index in [0.717, 1.165) is 53.3 Å². The van der Waals surface area contributed by atoms with Gasteiger partial charge in [0.2, 0.25) is 0 Å². The minimum absolute atomic E-state index is 0.176. The number of rotatable bonds is 5. The van der Waals surface area contributed by atoms with Gasteiger partial charge >= 0.3 is 0 Å². The van der Waals surface area contributed by atoms with E-state index in [1.807, 2.05) is 28.2 Å². The van der Waals surface area contributed by atoms with Gasteiger partial charge in [-0.3, -0.25) is 4.79 Å². The van der Waals surface area contributed by atoms with Gasteiger partial charge in [-0.2, -0.15) is 0 Å². The van der Waals surface area contributed by atoms with Gasteiger partial charge in [-0.25, -0.2) is 0 Å². The van der Waals surface area contributed by atoms with Crippen molar-refractivity contribution in [3.8, 4) is 0 Å². The summed E-state index contributed by atoms with van der Waals surface area (Å²) in [7, 11) is 8.12. The van der Waals surface area contributed by atoms with Crippen molar-refractivity contribution in [1.82, 2.24) is 0 Å². The average Bonchev–Trinajstić information content (AvgIpc) is 2.71. The molecule has 0 spiro atoms. The molecule has 29 heavy (non-hydrogen) atoms. The molecule has 1 heterocycles. The number of piperidine rings is 1. The number of anilines is 2. The maximum absolute atomic E-state index is 13.2. The highest BCUT2D eigenvalue weighted by molar-refractivity contribution is 6.14. The number of ketones is 1. The van der Waals surface area contributed by atoms with E-state index in [0.29, 0.717) is 0 Å². The third kappa shape index (κ3) is 5.15. The van der Waals surface area contributed by atoms with Gasteiger partial charge in [-0.05, 0) is 54.5 Å². The van der Waals surface area contributed by atoms with E-state index in [1.165, 1.54) is 4.90 Å². The molecular weight excluding hydrogens is 358 g/mol. The number of likely N-dealkylation sites (N-methyl/N-ethyl adjacent to an activating group) is 1. The zero-order chi connectivity index (χ0) is 21.0. The van der Waals surface area contributed by atoms with Gasteiger partial charge in [-0.1, -0.05) is 24.3 Å². The molecular formula is C25H32N3O+. The molecule has 0 aromatic heterocycles. The number of benzene rings is 2. The summed E-state index contributed by atoms with van der Waals surface area (Å²) < 4.78 is 0. The van der Waals surface area contributed by atoms with Crippen LogP contribution in [0.15, 0.2) is 59.7 Å². The van der Waals surface area contributed by atoms with Crippen LogP contribution in [0.25, 0.3) is 12.2 Å². The van der Waals surface area contributed by atoms with Gasteiger partial charge in [-0.15, -0.1) is 0 Å². The summed E-state index contributed by atoms with van der Waals surface area (Å²) in [4.78, 5) is 18.7. The van der Waals surface area contributed by atoms with E-state index < -0.39 is 0 Å². The molecule has 3 rings (SSSR count). The number of Topliss-reactive ketones (excluding diaryl/α,β-unsaturated/α-hetero) is 1. The summed E-state index contributed by atoms with van der Waals surface area (Å²) in [5.41, 5.74) is 6.25. The number of carbonyl (C=O) groups excluding carboxylic acids is 1. The molecule has 1 unspecified atom stereocenters. The van der Waals surface area contributed by atoms with Crippen LogP contribution in [0.2, 0.25) is 0 Å². The van der Waals surface area contributed by atoms with Crippen LogP contribution in [0.1, 0.15) is 18.1 Å². The Morgan fingerprint density at radius 2 is 1.14 bits per heavy atom. The molecule has 2 aromatic carbocycles. The number of hydrogen-bond donors (Lipinski definition) is 1. The lowest BCUT2D eigenvalue weighted by atomic mass is 9.94. The monoisotopic (exact) mass is 390 g/mol. The normalized spacial score (nSPS) is 19.6. The summed E-state index contributed by atoms with van der Waals surface area (Å²) in [6, 6.07) is 16.7. The molecule has 2 aromatic rings. The van der Waals surface area contributed by atoms with Crippen molar-refractivity contribution in [3.05, 3.63) is 70.8 Å². The van der Waals surface area contributed by atoms with E-state index in [9.17, 15) is 4.79 Å². The fourth-order valence-corrected chi connectivity index (χ4v) is 3.59. The summed E-state index contributed by atoms with van der Waals surface area (Å²) in [6.45, 7) is 4.74. The van der Waals surface area contributed by atoms with Gasteiger partial charge in [0, 0.05) is 39.6 Å². The van der Waals surface area contributed by atoms with Crippen LogP contribution in [0.3, 0.4) is 0 Å². The van der Waals surface area contributed by atoms with Crippen LogP contribution >= 0.6 is 0 Å². The SMILES string of the molecule is CC[NH+]1C/C(=C/c2ccc(N(C)C)cc2)C(=O)/C(=C/c2ccc(N(C)C)cc2)C1. The van der Waals surface area contributed by atoms with Crippen LogP contribution < -0.4 is 14.7 Å². The van der Waals surface area contributed by atoms with E-state index in [1.54, 1.807) is 0 Å². The smallest absolute Gasteiger partial charge is 0.196 e. The maximum atomic E-state index is 13.2. The Labute approximate surface area is 174 Å². The van der Waals surface area contributed by atoms with E-state index in [2.05, 4.69) is 77.4 Å². The first-order valence-electron chi connectivity index (χ1n) is 10.2. The van der Waals surface area contributed by atoms with Gasteiger partial charge in [0.05, 0.1) is 17.7 Å². The fourth-order valence-electron chi connectivity index (χ4n) is 3.59. The van der Waals surface area contributed by atoms with Crippen LogP contribution in [-0.2, 0) is 4.79 Å². The molecule has 1 N–H and O–H groups in total. The predicted octanol–water partition coefficient (Wildman–Crippen LogP) is 2.77. The molecule has 1 saturated heterocycles. The second kappa shape index (κ2) is 9.10. The molecule has 4 heteroatoms.